The summed E-state index contributed by atoms with van der Waals surface area (Å²) in [6.07, 6.45) is 12.1. The van der Waals surface area contributed by atoms with Gasteiger partial charge in [0.1, 0.15) is 29.9 Å². The Labute approximate surface area is 291 Å². The maximum atomic E-state index is 9.68. The quantitative estimate of drug-likeness (QED) is 0.204. The van der Waals surface area contributed by atoms with Crippen molar-refractivity contribution in [1.82, 2.24) is 45.3 Å². The standard InChI is InChI=1S/C35H45N11O4/c1-23-14-37-21-35(3,50-23)29-6-8-30(9-7-29)46-18-31(33(42-46)48-11-10-25-19-47-20-25)41-34-38-15-28(16-39-34)26-4-5-27(13-36)32(12-26)49-24(2)17-45-22-40-43-44-45/h4-5,12,15-16,18,22-25,29-30,37H,6-11,14,17,19-21H2,1-3H3,(H,38,39,41)/t23-,24?,29?,30?,35-/m1/s1. The lowest BCUT2D eigenvalue weighted by atomic mass is 9.75. The van der Waals surface area contributed by atoms with Crippen molar-refractivity contribution in [3.63, 3.8) is 0 Å². The fourth-order valence-electron chi connectivity index (χ4n) is 7.12. The van der Waals surface area contributed by atoms with Gasteiger partial charge in [-0.1, -0.05) is 6.07 Å². The molecule has 2 N–H and O–H groups in total. The van der Waals surface area contributed by atoms with Crippen LogP contribution in [-0.4, -0.2) is 90.7 Å². The summed E-state index contributed by atoms with van der Waals surface area (Å²) in [5, 5.41) is 32.7. The second-order valence-electron chi connectivity index (χ2n) is 13.9. The van der Waals surface area contributed by atoms with Crippen LogP contribution in [0.3, 0.4) is 0 Å². The molecular weight excluding hydrogens is 638 g/mol. The van der Waals surface area contributed by atoms with Crippen LogP contribution < -0.4 is 20.1 Å². The fraction of sp³-hybridized carbons (Fsp3) is 0.571. The number of hydrogen-bond acceptors (Lipinski definition) is 13. The van der Waals surface area contributed by atoms with Crippen molar-refractivity contribution >= 4 is 11.6 Å². The van der Waals surface area contributed by atoms with E-state index in [4.69, 9.17) is 24.0 Å². The van der Waals surface area contributed by atoms with Gasteiger partial charge in [0.05, 0.1) is 55.9 Å². The normalized spacial score (nSPS) is 24.6. The Morgan fingerprint density at radius 2 is 1.98 bits per heavy atom. The molecule has 0 amide bonds. The molecule has 1 aliphatic carbocycles. The van der Waals surface area contributed by atoms with Gasteiger partial charge >= 0.3 is 0 Å². The monoisotopic (exact) mass is 683 g/mol. The van der Waals surface area contributed by atoms with Crippen LogP contribution in [0.25, 0.3) is 11.1 Å². The summed E-state index contributed by atoms with van der Waals surface area (Å²) in [4.78, 5) is 9.24. The van der Waals surface area contributed by atoms with Crippen LogP contribution in [0.15, 0.2) is 43.1 Å². The van der Waals surface area contributed by atoms with Gasteiger partial charge in [0, 0.05) is 37.0 Å². The molecule has 2 aliphatic heterocycles. The van der Waals surface area contributed by atoms with E-state index >= 15 is 0 Å². The van der Waals surface area contributed by atoms with Gasteiger partial charge in [0.2, 0.25) is 5.95 Å². The third kappa shape index (κ3) is 7.88. The van der Waals surface area contributed by atoms with Crippen LogP contribution in [0.5, 0.6) is 11.6 Å². The number of anilines is 2. The number of nitrogens with zero attached hydrogens (tertiary/aromatic N) is 9. The molecule has 1 aromatic carbocycles. The molecule has 5 heterocycles. The second kappa shape index (κ2) is 15.1. The molecule has 0 radical (unpaired) electrons. The lowest BCUT2D eigenvalue weighted by Crippen LogP contribution is -2.55. The van der Waals surface area contributed by atoms with Gasteiger partial charge in [0.15, 0.2) is 0 Å². The highest BCUT2D eigenvalue weighted by Gasteiger charge is 2.41. The molecule has 264 valence electrons. The zero-order chi connectivity index (χ0) is 34.5. The van der Waals surface area contributed by atoms with E-state index in [2.05, 4.69) is 60.7 Å². The largest absolute Gasteiger partial charge is 0.487 e. The van der Waals surface area contributed by atoms with E-state index in [9.17, 15) is 5.26 Å². The first-order valence-corrected chi connectivity index (χ1v) is 17.5. The summed E-state index contributed by atoms with van der Waals surface area (Å²) >= 11 is 0. The molecule has 4 aromatic rings. The smallest absolute Gasteiger partial charge is 0.256 e. The first kappa shape index (κ1) is 33.8. The average molecular weight is 684 g/mol. The van der Waals surface area contributed by atoms with Crippen molar-refractivity contribution in [3.05, 3.63) is 48.7 Å². The van der Waals surface area contributed by atoms with Gasteiger partial charge in [-0.3, -0.25) is 4.68 Å². The highest BCUT2D eigenvalue weighted by Crippen LogP contribution is 2.41. The topological polar surface area (TPSA) is 172 Å². The van der Waals surface area contributed by atoms with Gasteiger partial charge in [-0.2, -0.15) is 5.26 Å². The van der Waals surface area contributed by atoms with Gasteiger partial charge in [-0.25, -0.2) is 14.6 Å². The molecule has 0 bridgehead atoms. The van der Waals surface area contributed by atoms with Crippen molar-refractivity contribution in [1.29, 1.82) is 5.26 Å². The first-order valence-electron chi connectivity index (χ1n) is 17.5. The van der Waals surface area contributed by atoms with E-state index in [1.165, 1.54) is 6.33 Å². The molecule has 3 aliphatic rings. The number of nitriles is 1. The molecule has 7 rings (SSSR count). The van der Waals surface area contributed by atoms with Crippen LogP contribution in [0.4, 0.5) is 11.6 Å². The number of morpholine rings is 1. The Kier molecular flexibility index (Phi) is 10.2. The van der Waals surface area contributed by atoms with Gasteiger partial charge in [-0.15, -0.1) is 10.2 Å². The van der Waals surface area contributed by atoms with Crippen LogP contribution >= 0.6 is 0 Å². The molecule has 15 nitrogen and oxygen atoms in total. The van der Waals surface area contributed by atoms with Crippen LogP contribution in [0, 0.1) is 23.2 Å². The van der Waals surface area contributed by atoms with Gasteiger partial charge in [-0.05, 0) is 86.9 Å². The predicted octanol–water partition coefficient (Wildman–Crippen LogP) is 4.32. The Balaban J connectivity index is 1.03. The number of ether oxygens (including phenoxy) is 4. The number of nitrogens with one attached hydrogen (secondary N) is 2. The third-order valence-electron chi connectivity index (χ3n) is 9.98. The molecule has 15 heteroatoms. The Bertz CT molecular complexity index is 1750. The Morgan fingerprint density at radius 3 is 2.68 bits per heavy atom. The fourth-order valence-corrected chi connectivity index (χ4v) is 7.12. The van der Waals surface area contributed by atoms with Crippen molar-refractivity contribution in [3.8, 4) is 28.8 Å². The molecule has 50 heavy (non-hydrogen) atoms. The number of rotatable bonds is 13. The van der Waals surface area contributed by atoms with Crippen molar-refractivity contribution in [2.75, 3.05) is 38.2 Å². The van der Waals surface area contributed by atoms with E-state index in [0.29, 0.717) is 48.1 Å². The Morgan fingerprint density at radius 1 is 1.16 bits per heavy atom. The SMILES string of the molecule is CC(Cn1cnnn1)Oc1cc(-c2cnc(Nc3cn(C4CCC([C@@]5(C)CNC[C@@H](C)O5)CC4)nc3OCCC3COC3)nc2)ccc1C#N. The molecule has 3 atom stereocenters. The van der Waals surface area contributed by atoms with Crippen LogP contribution in [-0.2, 0) is 16.0 Å². The molecular formula is C35H45N11O4. The first-order chi connectivity index (χ1) is 24.3. The maximum absolute atomic E-state index is 9.68. The molecule has 1 saturated carbocycles. The third-order valence-corrected chi connectivity index (χ3v) is 9.98. The van der Waals surface area contributed by atoms with E-state index in [-0.39, 0.29) is 23.9 Å². The average Bonchev–Trinajstić information content (AvgIpc) is 3.76. The van der Waals surface area contributed by atoms with Crippen LogP contribution in [0.2, 0.25) is 0 Å². The van der Waals surface area contributed by atoms with Crippen LogP contribution in [0.1, 0.15) is 64.5 Å². The highest BCUT2D eigenvalue weighted by molar-refractivity contribution is 5.67. The maximum Gasteiger partial charge on any atom is 0.256 e. The number of aromatic nitrogens is 8. The zero-order valence-corrected chi connectivity index (χ0v) is 28.9. The number of benzene rings is 1. The zero-order valence-electron chi connectivity index (χ0n) is 28.9. The summed E-state index contributed by atoms with van der Waals surface area (Å²) in [5.74, 6) is 2.48. The van der Waals surface area contributed by atoms with E-state index in [1.807, 2.05) is 25.3 Å². The molecule has 3 aromatic heterocycles. The molecule has 3 fully saturated rings. The summed E-state index contributed by atoms with van der Waals surface area (Å²) in [7, 11) is 0. The summed E-state index contributed by atoms with van der Waals surface area (Å²) < 4.78 is 27.8. The minimum atomic E-state index is -0.270. The van der Waals surface area contributed by atoms with Crippen molar-refractivity contribution < 1.29 is 18.9 Å². The van der Waals surface area contributed by atoms with E-state index < -0.39 is 0 Å². The van der Waals surface area contributed by atoms with Gasteiger partial charge in [0.25, 0.3) is 5.88 Å². The second-order valence-corrected chi connectivity index (χ2v) is 13.9. The van der Waals surface area contributed by atoms with E-state index in [1.54, 1.807) is 23.1 Å². The summed E-state index contributed by atoms with van der Waals surface area (Å²) in [6.45, 7) is 10.7. The minimum absolute atomic E-state index is 0.135. The molecule has 2 saturated heterocycles. The van der Waals surface area contributed by atoms with Crippen molar-refractivity contribution in [2.45, 2.75) is 83.3 Å². The van der Waals surface area contributed by atoms with E-state index in [0.717, 1.165) is 75.2 Å². The summed E-state index contributed by atoms with van der Waals surface area (Å²) in [5.41, 5.74) is 2.64. The lowest BCUT2D eigenvalue weighted by molar-refractivity contribution is -0.138. The van der Waals surface area contributed by atoms with Gasteiger partial charge < -0.3 is 29.6 Å². The minimum Gasteiger partial charge on any atom is -0.487 e. The Hall–Kier alpha value is -4.65. The summed E-state index contributed by atoms with van der Waals surface area (Å²) in [6, 6.07) is 7.90. The van der Waals surface area contributed by atoms with Crippen molar-refractivity contribution in [2.24, 2.45) is 11.8 Å². The highest BCUT2D eigenvalue weighted by atomic mass is 16.5. The predicted molar refractivity (Wildman–Crippen MR) is 183 cm³/mol. The number of hydrogen-bond donors (Lipinski definition) is 2. The molecule has 1 unspecified atom stereocenters. The lowest BCUT2D eigenvalue weighted by Gasteiger charge is -2.46. The molecule has 0 spiro atoms. The number of tetrazole rings is 1.